The van der Waals surface area contributed by atoms with Crippen molar-refractivity contribution in [2.24, 2.45) is 10.9 Å². The summed E-state index contributed by atoms with van der Waals surface area (Å²) in [6, 6.07) is 12.8. The molecule has 8 nitrogen and oxygen atoms in total. The van der Waals surface area contributed by atoms with E-state index in [9.17, 15) is 14.4 Å². The van der Waals surface area contributed by atoms with Crippen LogP contribution in [0.5, 0.6) is 0 Å². The minimum atomic E-state index is -0.782. The molecule has 2 aromatic carbocycles. The lowest BCUT2D eigenvalue weighted by molar-refractivity contribution is -0.131. The summed E-state index contributed by atoms with van der Waals surface area (Å²) in [6.07, 6.45) is -0.549. The molecule has 0 spiro atoms. The summed E-state index contributed by atoms with van der Waals surface area (Å²) in [4.78, 5) is 44.5. The van der Waals surface area contributed by atoms with E-state index in [2.05, 4.69) is 15.6 Å². The van der Waals surface area contributed by atoms with E-state index in [4.69, 9.17) is 16.3 Å². The lowest BCUT2D eigenvalue weighted by Crippen LogP contribution is -2.63. The van der Waals surface area contributed by atoms with Crippen molar-refractivity contribution in [1.29, 1.82) is 0 Å². The Morgan fingerprint density at radius 2 is 1.89 bits per heavy atom. The Kier molecular flexibility index (Phi) is 8.87. The van der Waals surface area contributed by atoms with Crippen molar-refractivity contribution >= 4 is 35.5 Å². The Morgan fingerprint density at radius 3 is 2.53 bits per heavy atom. The smallest absolute Gasteiger partial charge is 0.437 e. The summed E-state index contributed by atoms with van der Waals surface area (Å²) in [6.45, 7) is 13.5. The summed E-state index contributed by atoms with van der Waals surface area (Å²) in [5.41, 5.74) is 1.61. The molecule has 1 aliphatic heterocycles. The fourth-order valence-corrected chi connectivity index (χ4v) is 4.20. The Hall–Kier alpha value is -3.39. The lowest BCUT2D eigenvalue weighted by atomic mass is 9.83. The summed E-state index contributed by atoms with van der Waals surface area (Å²) >= 11 is 6.05. The van der Waals surface area contributed by atoms with Gasteiger partial charge < -0.3 is 15.4 Å². The summed E-state index contributed by atoms with van der Waals surface area (Å²) < 4.78 is 5.37. The van der Waals surface area contributed by atoms with E-state index in [-0.39, 0.29) is 36.7 Å². The van der Waals surface area contributed by atoms with E-state index in [1.54, 1.807) is 39.0 Å². The average molecular weight is 541 g/mol. The highest BCUT2D eigenvalue weighted by Gasteiger charge is 2.41. The number of halogens is 1. The maximum absolute atomic E-state index is 13.3. The third-order valence-electron chi connectivity index (χ3n) is 6.57. The van der Waals surface area contributed by atoms with Crippen LogP contribution in [0.4, 0.5) is 4.79 Å². The van der Waals surface area contributed by atoms with E-state index in [1.807, 2.05) is 52.0 Å². The number of carbonyl (C=O) groups excluding carboxylic acids is 3. The van der Waals surface area contributed by atoms with Crippen LogP contribution in [0, 0.1) is 12.8 Å². The van der Waals surface area contributed by atoms with Crippen LogP contribution in [0.25, 0.3) is 0 Å². The Balaban J connectivity index is 1.85. The molecule has 2 aromatic rings. The molecule has 1 saturated heterocycles. The zero-order chi connectivity index (χ0) is 28.3. The van der Waals surface area contributed by atoms with Gasteiger partial charge in [-0.1, -0.05) is 49.7 Å². The van der Waals surface area contributed by atoms with E-state index in [0.717, 1.165) is 16.7 Å². The molecule has 0 unspecified atom stereocenters. The number of amides is 3. The van der Waals surface area contributed by atoms with Crippen molar-refractivity contribution in [3.8, 4) is 0 Å². The first-order valence-corrected chi connectivity index (χ1v) is 13.1. The van der Waals surface area contributed by atoms with E-state index >= 15 is 0 Å². The van der Waals surface area contributed by atoms with Gasteiger partial charge in [0.25, 0.3) is 5.91 Å². The third-order valence-corrected chi connectivity index (χ3v) is 6.80. The average Bonchev–Trinajstić information content (AvgIpc) is 2.79. The van der Waals surface area contributed by atoms with Crippen molar-refractivity contribution in [2.75, 3.05) is 0 Å². The first-order valence-electron chi connectivity index (χ1n) is 12.7. The van der Waals surface area contributed by atoms with Gasteiger partial charge in [-0.05, 0) is 75.4 Å². The van der Waals surface area contributed by atoms with Gasteiger partial charge in [0.2, 0.25) is 11.9 Å². The summed E-state index contributed by atoms with van der Waals surface area (Å²) in [5, 5.41) is 6.83. The Bertz CT molecular complexity index is 1250. The number of carbonyl (C=O) groups is 3. The van der Waals surface area contributed by atoms with Gasteiger partial charge in [0.15, 0.2) is 0 Å². The van der Waals surface area contributed by atoms with Crippen LogP contribution in [0.3, 0.4) is 0 Å². The van der Waals surface area contributed by atoms with Gasteiger partial charge in [-0.2, -0.15) is 0 Å². The maximum atomic E-state index is 13.3. The van der Waals surface area contributed by atoms with Crippen molar-refractivity contribution in [1.82, 2.24) is 15.5 Å². The van der Waals surface area contributed by atoms with Gasteiger partial charge in [-0.3, -0.25) is 14.5 Å². The minimum absolute atomic E-state index is 0.103. The SMILES string of the molecule is Cc1ccc(CN2C(=O)C[C@@](C)(C(C)C)N/C2=N/C(=O)OC(C)(C)C)cc1C(=O)NCc1cccc(Cl)c1. The van der Waals surface area contributed by atoms with Crippen molar-refractivity contribution < 1.29 is 19.1 Å². The largest absolute Gasteiger partial charge is 0.442 e. The predicted octanol–water partition coefficient (Wildman–Crippen LogP) is 5.61. The van der Waals surface area contributed by atoms with Crippen molar-refractivity contribution in [3.63, 3.8) is 0 Å². The highest BCUT2D eigenvalue weighted by molar-refractivity contribution is 6.30. The first kappa shape index (κ1) is 29.2. The number of aryl methyl sites for hydroxylation is 1. The number of benzene rings is 2. The van der Waals surface area contributed by atoms with Gasteiger partial charge in [-0.25, -0.2) is 4.79 Å². The molecule has 0 saturated carbocycles. The van der Waals surface area contributed by atoms with Crippen LogP contribution < -0.4 is 10.6 Å². The molecule has 9 heteroatoms. The number of nitrogens with one attached hydrogen (secondary N) is 2. The van der Waals surface area contributed by atoms with Crippen LogP contribution in [-0.4, -0.2) is 39.9 Å². The normalized spacial score (nSPS) is 18.9. The molecule has 1 heterocycles. The van der Waals surface area contributed by atoms with Gasteiger partial charge in [-0.15, -0.1) is 4.99 Å². The number of hydrogen-bond donors (Lipinski definition) is 2. The quantitative estimate of drug-likeness (QED) is 0.496. The molecule has 204 valence electrons. The van der Waals surface area contributed by atoms with E-state index in [0.29, 0.717) is 17.1 Å². The zero-order valence-electron chi connectivity index (χ0n) is 23.1. The molecule has 1 aliphatic rings. The molecule has 0 radical (unpaired) electrons. The van der Waals surface area contributed by atoms with Gasteiger partial charge in [0.05, 0.1) is 13.0 Å². The molecule has 38 heavy (non-hydrogen) atoms. The summed E-state index contributed by atoms with van der Waals surface area (Å²) in [7, 11) is 0. The Morgan fingerprint density at radius 1 is 1.18 bits per heavy atom. The molecule has 0 aliphatic carbocycles. The van der Waals surface area contributed by atoms with Crippen LogP contribution in [0.1, 0.15) is 75.0 Å². The van der Waals surface area contributed by atoms with Crippen LogP contribution in [0.15, 0.2) is 47.5 Å². The predicted molar refractivity (Wildman–Crippen MR) is 149 cm³/mol. The molecule has 3 rings (SSSR count). The number of hydrogen-bond acceptors (Lipinski definition) is 4. The summed E-state index contributed by atoms with van der Waals surface area (Å²) in [5.74, 6) is -0.164. The second kappa shape index (κ2) is 11.6. The molecule has 2 N–H and O–H groups in total. The third kappa shape index (κ3) is 7.57. The molecule has 1 fully saturated rings. The number of guanidine groups is 1. The molecule has 0 bridgehead atoms. The molecule has 0 aromatic heterocycles. The van der Waals surface area contributed by atoms with Gasteiger partial charge in [0.1, 0.15) is 5.60 Å². The van der Waals surface area contributed by atoms with Gasteiger partial charge in [0, 0.05) is 22.7 Å². The first-order chi connectivity index (χ1) is 17.7. The molecule has 3 amide bonds. The number of aliphatic imine (C=N–C) groups is 1. The van der Waals surface area contributed by atoms with E-state index < -0.39 is 17.2 Å². The Labute approximate surface area is 229 Å². The monoisotopic (exact) mass is 540 g/mol. The number of rotatable bonds is 6. The highest BCUT2D eigenvalue weighted by Crippen LogP contribution is 2.27. The van der Waals surface area contributed by atoms with Crippen molar-refractivity contribution in [3.05, 3.63) is 69.7 Å². The second-order valence-electron chi connectivity index (χ2n) is 11.2. The standard InChI is InChI=1S/C29H37ClN4O4/c1-18(2)29(7)15-24(35)34(26(33-29)32-27(37)38-28(4,5)6)17-21-12-11-19(3)23(14-21)25(36)31-16-20-9-8-10-22(30)13-20/h8-14,18H,15-17H2,1-7H3,(H,31,36)(H,32,33,37)/t29-/m0/s1. The fraction of sp³-hybridized carbons (Fsp3) is 0.448. The van der Waals surface area contributed by atoms with Crippen LogP contribution in [0.2, 0.25) is 5.02 Å². The van der Waals surface area contributed by atoms with Crippen molar-refractivity contribution in [2.45, 2.75) is 79.1 Å². The van der Waals surface area contributed by atoms with Gasteiger partial charge >= 0.3 is 6.09 Å². The number of ether oxygens (including phenoxy) is 1. The highest BCUT2D eigenvalue weighted by atomic mass is 35.5. The topological polar surface area (TPSA) is 100 Å². The van der Waals surface area contributed by atoms with Crippen LogP contribution >= 0.6 is 11.6 Å². The van der Waals surface area contributed by atoms with Crippen LogP contribution in [-0.2, 0) is 22.6 Å². The van der Waals surface area contributed by atoms with E-state index in [1.165, 1.54) is 4.90 Å². The molecule has 1 atom stereocenters. The number of nitrogens with zero attached hydrogens (tertiary/aromatic N) is 2. The molecular formula is C29H37ClN4O4. The maximum Gasteiger partial charge on any atom is 0.437 e. The fourth-order valence-electron chi connectivity index (χ4n) is 3.99. The molecular weight excluding hydrogens is 504 g/mol. The minimum Gasteiger partial charge on any atom is -0.442 e. The lowest BCUT2D eigenvalue weighted by Gasteiger charge is -2.43. The zero-order valence-corrected chi connectivity index (χ0v) is 23.9. The second-order valence-corrected chi connectivity index (χ2v) is 11.7.